The van der Waals surface area contributed by atoms with Crippen LogP contribution in [0.5, 0.6) is 0 Å². The number of benzene rings is 1. The molecule has 1 amide bonds. The van der Waals surface area contributed by atoms with Crippen molar-refractivity contribution in [2.75, 3.05) is 26.2 Å². The van der Waals surface area contributed by atoms with Gasteiger partial charge in [0.2, 0.25) is 0 Å². The summed E-state index contributed by atoms with van der Waals surface area (Å²) in [6, 6.07) is 6.19. The van der Waals surface area contributed by atoms with Crippen molar-refractivity contribution < 1.29 is 9.18 Å². The normalized spacial score (nSPS) is 23.0. The molecule has 0 saturated carbocycles. The molecule has 0 bridgehead atoms. The van der Waals surface area contributed by atoms with Crippen LogP contribution in [0, 0.1) is 31.5 Å². The lowest BCUT2D eigenvalue weighted by atomic mass is 9.92. The van der Waals surface area contributed by atoms with Crippen LogP contribution in [0.4, 0.5) is 4.39 Å². The highest BCUT2D eigenvalue weighted by molar-refractivity contribution is 5.96. The fourth-order valence-electron chi connectivity index (χ4n) is 4.37. The maximum atomic E-state index is 13.2. The summed E-state index contributed by atoms with van der Waals surface area (Å²) in [5, 5.41) is 8.01. The second kappa shape index (κ2) is 6.83. The Balaban J connectivity index is 1.59. The lowest BCUT2D eigenvalue weighted by Gasteiger charge is -2.21. The third-order valence-electron chi connectivity index (χ3n) is 5.88. The number of hydrogen-bond donors (Lipinski definition) is 1. The van der Waals surface area contributed by atoms with Gasteiger partial charge in [-0.2, -0.15) is 5.10 Å². The van der Waals surface area contributed by atoms with Gasteiger partial charge in [0.25, 0.3) is 5.91 Å². The number of hydrogen-bond acceptors (Lipinski definition) is 3. The summed E-state index contributed by atoms with van der Waals surface area (Å²) in [5.41, 5.74) is 2.98. The zero-order chi connectivity index (χ0) is 18.3. The number of carbonyl (C=O) groups is 1. The smallest absolute Gasteiger partial charge is 0.257 e. The molecule has 1 N–H and O–H groups in total. The number of amides is 1. The van der Waals surface area contributed by atoms with E-state index in [2.05, 4.69) is 10.4 Å². The van der Waals surface area contributed by atoms with E-state index in [9.17, 15) is 9.18 Å². The fourth-order valence-corrected chi connectivity index (χ4v) is 4.37. The molecule has 2 fully saturated rings. The summed E-state index contributed by atoms with van der Waals surface area (Å²) in [5.74, 6) is 1.17. The molecule has 26 heavy (non-hydrogen) atoms. The highest BCUT2D eigenvalue weighted by atomic mass is 19.1. The molecule has 4 rings (SSSR count). The van der Waals surface area contributed by atoms with Gasteiger partial charge in [0.15, 0.2) is 0 Å². The van der Waals surface area contributed by atoms with Crippen molar-refractivity contribution in [3.05, 3.63) is 47.0 Å². The molecule has 138 valence electrons. The summed E-state index contributed by atoms with van der Waals surface area (Å²) in [6.07, 6.45) is 2.13. The van der Waals surface area contributed by atoms with Crippen molar-refractivity contribution in [2.24, 2.45) is 11.8 Å². The van der Waals surface area contributed by atoms with Gasteiger partial charge in [-0.05, 0) is 75.9 Å². The highest BCUT2D eigenvalue weighted by Crippen LogP contribution is 2.28. The molecular formula is C20H25FN4O. The summed E-state index contributed by atoms with van der Waals surface area (Å²) in [4.78, 5) is 15.2. The van der Waals surface area contributed by atoms with Gasteiger partial charge >= 0.3 is 0 Å². The van der Waals surface area contributed by atoms with Crippen LogP contribution in [0.25, 0.3) is 5.69 Å². The molecule has 1 aromatic carbocycles. The second-order valence-corrected chi connectivity index (χ2v) is 7.48. The predicted molar refractivity (Wildman–Crippen MR) is 98.0 cm³/mol. The molecule has 3 heterocycles. The number of aryl methyl sites for hydroxylation is 1. The zero-order valence-electron chi connectivity index (χ0n) is 15.3. The van der Waals surface area contributed by atoms with Gasteiger partial charge in [-0.3, -0.25) is 4.79 Å². The van der Waals surface area contributed by atoms with Gasteiger partial charge in [-0.15, -0.1) is 0 Å². The number of rotatable bonds is 2. The Morgan fingerprint density at radius 3 is 2.35 bits per heavy atom. The Morgan fingerprint density at radius 1 is 1.12 bits per heavy atom. The molecule has 2 saturated heterocycles. The minimum atomic E-state index is -0.281. The van der Waals surface area contributed by atoms with Crippen LogP contribution in [0.2, 0.25) is 0 Å². The Kier molecular flexibility index (Phi) is 4.53. The fraction of sp³-hybridized carbons (Fsp3) is 0.500. The summed E-state index contributed by atoms with van der Waals surface area (Å²) in [6.45, 7) is 7.55. The molecule has 2 aliphatic rings. The maximum Gasteiger partial charge on any atom is 0.257 e. The van der Waals surface area contributed by atoms with E-state index in [1.54, 1.807) is 16.8 Å². The number of nitrogens with zero attached hydrogens (tertiary/aromatic N) is 3. The van der Waals surface area contributed by atoms with Gasteiger partial charge < -0.3 is 10.2 Å². The van der Waals surface area contributed by atoms with Crippen molar-refractivity contribution in [1.29, 1.82) is 0 Å². The molecule has 0 unspecified atom stereocenters. The van der Waals surface area contributed by atoms with E-state index < -0.39 is 0 Å². The summed E-state index contributed by atoms with van der Waals surface area (Å²) >= 11 is 0. The first-order chi connectivity index (χ1) is 12.5. The molecule has 2 aliphatic heterocycles. The Hall–Kier alpha value is -2.21. The zero-order valence-corrected chi connectivity index (χ0v) is 15.3. The molecule has 0 aliphatic carbocycles. The number of nitrogens with one attached hydrogen (secondary N) is 1. The molecule has 2 aromatic rings. The first kappa shape index (κ1) is 17.2. The largest absolute Gasteiger partial charge is 0.339 e. The lowest BCUT2D eigenvalue weighted by molar-refractivity contribution is 0.0757. The quantitative estimate of drug-likeness (QED) is 0.900. The topological polar surface area (TPSA) is 50.2 Å². The van der Waals surface area contributed by atoms with E-state index in [4.69, 9.17) is 0 Å². The van der Waals surface area contributed by atoms with Gasteiger partial charge in [-0.1, -0.05) is 0 Å². The lowest BCUT2D eigenvalue weighted by Crippen LogP contribution is -2.33. The predicted octanol–water partition coefficient (Wildman–Crippen LogP) is 2.70. The van der Waals surface area contributed by atoms with E-state index in [0.29, 0.717) is 17.4 Å². The molecule has 0 spiro atoms. The maximum absolute atomic E-state index is 13.2. The van der Waals surface area contributed by atoms with E-state index in [1.807, 2.05) is 18.7 Å². The van der Waals surface area contributed by atoms with Gasteiger partial charge in [0.05, 0.1) is 22.6 Å². The number of likely N-dealkylation sites (tertiary alicyclic amines) is 1. The number of aromatic nitrogens is 2. The van der Waals surface area contributed by atoms with Crippen molar-refractivity contribution >= 4 is 5.91 Å². The van der Waals surface area contributed by atoms with E-state index >= 15 is 0 Å². The van der Waals surface area contributed by atoms with E-state index in [-0.39, 0.29) is 11.7 Å². The first-order valence-electron chi connectivity index (χ1n) is 9.36. The van der Waals surface area contributed by atoms with Crippen molar-refractivity contribution in [3.63, 3.8) is 0 Å². The summed E-state index contributed by atoms with van der Waals surface area (Å²) in [7, 11) is 0. The molecule has 5 nitrogen and oxygen atoms in total. The minimum Gasteiger partial charge on any atom is -0.339 e. The van der Waals surface area contributed by atoms with Crippen LogP contribution in [-0.2, 0) is 0 Å². The second-order valence-electron chi connectivity index (χ2n) is 7.48. The van der Waals surface area contributed by atoms with Crippen LogP contribution >= 0.6 is 0 Å². The Labute approximate surface area is 153 Å². The number of carbonyl (C=O) groups excluding carboxylic acids is 1. The molecule has 2 atom stereocenters. The minimum absolute atomic E-state index is 0.0706. The average molecular weight is 356 g/mol. The van der Waals surface area contributed by atoms with Gasteiger partial charge in [-0.25, -0.2) is 9.07 Å². The standard InChI is InChI=1S/C20H25FN4O/c1-13-19(14(2)25(23-13)18-5-3-17(21)4-6-18)20(26)24-9-7-15-11-22-12-16(15)8-10-24/h3-6,15-16,22H,7-12H2,1-2H3/t15-,16+. The van der Waals surface area contributed by atoms with Gasteiger partial charge in [0.1, 0.15) is 5.82 Å². The van der Waals surface area contributed by atoms with Crippen LogP contribution in [0.1, 0.15) is 34.6 Å². The molecule has 6 heteroatoms. The van der Waals surface area contributed by atoms with Crippen molar-refractivity contribution in [3.8, 4) is 5.69 Å². The number of fused-ring (bicyclic) bond motifs is 1. The highest BCUT2D eigenvalue weighted by Gasteiger charge is 2.33. The Bertz CT molecular complexity index is 800. The van der Waals surface area contributed by atoms with Crippen LogP contribution in [0.3, 0.4) is 0 Å². The molecular weight excluding hydrogens is 331 g/mol. The molecule has 1 aromatic heterocycles. The average Bonchev–Trinajstić information content (AvgIpc) is 3.13. The van der Waals surface area contributed by atoms with E-state index in [0.717, 1.165) is 56.1 Å². The third kappa shape index (κ3) is 3.03. The first-order valence-corrected chi connectivity index (χ1v) is 9.36. The SMILES string of the molecule is Cc1nn(-c2ccc(F)cc2)c(C)c1C(=O)N1CC[C@@H]2CNC[C@@H]2CC1. The van der Waals surface area contributed by atoms with Crippen molar-refractivity contribution in [2.45, 2.75) is 26.7 Å². The van der Waals surface area contributed by atoms with Gasteiger partial charge in [0, 0.05) is 13.1 Å². The molecule has 0 radical (unpaired) electrons. The Morgan fingerprint density at radius 2 is 1.73 bits per heavy atom. The summed E-state index contributed by atoms with van der Waals surface area (Å²) < 4.78 is 14.9. The number of halogens is 1. The van der Waals surface area contributed by atoms with Crippen LogP contribution in [0.15, 0.2) is 24.3 Å². The van der Waals surface area contributed by atoms with Crippen LogP contribution in [-0.4, -0.2) is 46.8 Å². The van der Waals surface area contributed by atoms with Crippen molar-refractivity contribution in [1.82, 2.24) is 20.0 Å². The third-order valence-corrected chi connectivity index (χ3v) is 5.88. The van der Waals surface area contributed by atoms with E-state index in [1.165, 1.54) is 12.1 Å². The van der Waals surface area contributed by atoms with Crippen LogP contribution < -0.4 is 5.32 Å². The monoisotopic (exact) mass is 356 g/mol.